The number of benzene rings is 2. The minimum Gasteiger partial charge on any atom is -0.360 e. The van der Waals surface area contributed by atoms with Crippen LogP contribution in [0.1, 0.15) is 24.5 Å². The Morgan fingerprint density at radius 3 is 2.35 bits per heavy atom. The van der Waals surface area contributed by atoms with Crippen molar-refractivity contribution >= 4 is 37.3 Å². The molecule has 224 valence electrons. The number of hydrogen-bond acceptors (Lipinski definition) is 5. The van der Waals surface area contributed by atoms with Gasteiger partial charge >= 0.3 is 6.03 Å². The third kappa shape index (κ3) is 6.23. The van der Waals surface area contributed by atoms with Gasteiger partial charge in [-0.25, -0.2) is 23.2 Å². The third-order valence-corrected chi connectivity index (χ3v) is 9.24. The van der Waals surface area contributed by atoms with Gasteiger partial charge in [-0.3, -0.25) is 9.59 Å². The van der Waals surface area contributed by atoms with Crippen molar-refractivity contribution in [2.24, 2.45) is 0 Å². The van der Waals surface area contributed by atoms with Gasteiger partial charge in [0.05, 0.1) is 24.5 Å². The van der Waals surface area contributed by atoms with Crippen LogP contribution < -0.4 is 9.80 Å². The molecule has 2 fully saturated rings. The fourth-order valence-corrected chi connectivity index (χ4v) is 5.87. The first kappa shape index (κ1) is 30.1. The molecule has 0 saturated carbocycles. The van der Waals surface area contributed by atoms with E-state index in [0.717, 1.165) is 18.2 Å². The monoisotopic (exact) mass is 605 g/mol. The number of nitrogens with zero attached hydrogens (tertiary/aromatic N) is 5. The van der Waals surface area contributed by atoms with Crippen LogP contribution >= 0.6 is 0 Å². The van der Waals surface area contributed by atoms with Gasteiger partial charge in [-0.1, -0.05) is 49.7 Å². The SMILES string of the molecule is C[C@@]12CC(=O)N(c3c(F)cc(C#Cc4ccccc4)cc3F)C(=O)N1CCN(c1cnn(COCC[Si](C)(C)C)c1)C2=O. The zero-order valence-electron chi connectivity index (χ0n) is 24.6. The number of rotatable bonds is 7. The lowest BCUT2D eigenvalue weighted by atomic mass is 9.88. The molecule has 0 aliphatic carbocycles. The highest BCUT2D eigenvalue weighted by Gasteiger charge is 2.56. The number of ether oxygens (including phenoxy) is 1. The van der Waals surface area contributed by atoms with Gasteiger partial charge in [0.2, 0.25) is 5.91 Å². The molecule has 4 amide bonds. The molecular formula is C31H33F2N5O4Si. The summed E-state index contributed by atoms with van der Waals surface area (Å²) < 4.78 is 37.8. The fourth-order valence-electron chi connectivity index (χ4n) is 5.12. The average Bonchev–Trinajstić information content (AvgIpc) is 3.41. The molecule has 2 aliphatic rings. The Morgan fingerprint density at radius 2 is 1.67 bits per heavy atom. The Bertz CT molecular complexity index is 1600. The normalized spacial score (nSPS) is 18.9. The quantitative estimate of drug-likeness (QED) is 0.219. The number of imide groups is 1. The lowest BCUT2D eigenvalue weighted by Crippen LogP contribution is -2.72. The molecule has 12 heteroatoms. The van der Waals surface area contributed by atoms with Gasteiger partial charge in [-0.2, -0.15) is 5.10 Å². The van der Waals surface area contributed by atoms with Crippen molar-refractivity contribution in [1.29, 1.82) is 0 Å². The molecule has 1 atom stereocenters. The van der Waals surface area contributed by atoms with Gasteiger partial charge in [-0.05, 0) is 37.2 Å². The Balaban J connectivity index is 1.32. The molecule has 2 aliphatic heterocycles. The van der Waals surface area contributed by atoms with Crippen LogP contribution in [0.25, 0.3) is 0 Å². The summed E-state index contributed by atoms with van der Waals surface area (Å²) in [7, 11) is -1.23. The van der Waals surface area contributed by atoms with Crippen molar-refractivity contribution in [3.05, 3.63) is 77.6 Å². The Hall–Kier alpha value is -4.34. The average molecular weight is 606 g/mol. The van der Waals surface area contributed by atoms with Crippen molar-refractivity contribution in [2.45, 2.75) is 51.3 Å². The minimum absolute atomic E-state index is 0.0482. The maximum Gasteiger partial charge on any atom is 0.332 e. The predicted molar refractivity (Wildman–Crippen MR) is 160 cm³/mol. The number of piperazine rings is 1. The first-order valence-electron chi connectivity index (χ1n) is 14.0. The molecule has 3 heterocycles. The first-order chi connectivity index (χ1) is 20.4. The minimum atomic E-state index is -1.53. The van der Waals surface area contributed by atoms with Crippen LogP contribution in [0.4, 0.5) is 25.0 Å². The Morgan fingerprint density at radius 1 is 1.00 bits per heavy atom. The van der Waals surface area contributed by atoms with Gasteiger partial charge < -0.3 is 14.5 Å². The number of fused-ring (bicyclic) bond motifs is 1. The highest BCUT2D eigenvalue weighted by molar-refractivity contribution is 6.76. The predicted octanol–water partition coefficient (Wildman–Crippen LogP) is 4.84. The van der Waals surface area contributed by atoms with E-state index in [-0.39, 0.29) is 25.4 Å². The Labute approximate surface area is 250 Å². The number of urea groups is 1. The molecule has 0 N–H and O–H groups in total. The number of carbonyl (C=O) groups excluding carboxylic acids is 3. The first-order valence-corrected chi connectivity index (χ1v) is 17.7. The summed E-state index contributed by atoms with van der Waals surface area (Å²) in [6.07, 6.45) is 2.76. The number of halogens is 2. The van der Waals surface area contributed by atoms with Gasteiger partial charge in [0.25, 0.3) is 5.91 Å². The van der Waals surface area contributed by atoms with E-state index >= 15 is 8.78 Å². The number of aromatic nitrogens is 2. The Kier molecular flexibility index (Phi) is 8.22. The third-order valence-electron chi connectivity index (χ3n) is 7.53. The van der Waals surface area contributed by atoms with E-state index in [4.69, 9.17) is 4.74 Å². The lowest BCUT2D eigenvalue weighted by molar-refractivity contribution is -0.137. The lowest BCUT2D eigenvalue weighted by Gasteiger charge is -2.51. The summed E-state index contributed by atoms with van der Waals surface area (Å²) in [4.78, 5) is 43.7. The zero-order chi connectivity index (χ0) is 30.9. The second-order valence-corrected chi connectivity index (χ2v) is 17.7. The molecule has 9 nitrogen and oxygen atoms in total. The molecule has 0 unspecified atom stereocenters. The number of amides is 4. The largest absolute Gasteiger partial charge is 0.360 e. The molecule has 2 saturated heterocycles. The van der Waals surface area contributed by atoms with Crippen molar-refractivity contribution < 1.29 is 27.9 Å². The van der Waals surface area contributed by atoms with Gasteiger partial charge in [0.1, 0.15) is 18.0 Å². The fraction of sp³-hybridized carbons (Fsp3) is 0.355. The molecule has 43 heavy (non-hydrogen) atoms. The summed E-state index contributed by atoms with van der Waals surface area (Å²) in [6.45, 7) is 9.30. The molecule has 0 bridgehead atoms. The van der Waals surface area contributed by atoms with E-state index < -0.39 is 55.2 Å². The van der Waals surface area contributed by atoms with E-state index in [1.807, 2.05) is 6.07 Å². The van der Waals surface area contributed by atoms with E-state index in [9.17, 15) is 14.4 Å². The topological polar surface area (TPSA) is 88.0 Å². The van der Waals surface area contributed by atoms with Gasteiger partial charge in [-0.15, -0.1) is 0 Å². The summed E-state index contributed by atoms with van der Waals surface area (Å²) >= 11 is 0. The van der Waals surface area contributed by atoms with Crippen LogP contribution in [-0.4, -0.2) is 65.8 Å². The summed E-state index contributed by atoms with van der Waals surface area (Å²) in [5.41, 5.74) is -1.10. The molecule has 0 radical (unpaired) electrons. The van der Waals surface area contributed by atoms with E-state index in [0.29, 0.717) is 22.8 Å². The molecule has 0 spiro atoms. The van der Waals surface area contributed by atoms with Gasteiger partial charge in [0, 0.05) is 38.9 Å². The van der Waals surface area contributed by atoms with Crippen molar-refractivity contribution in [3.8, 4) is 11.8 Å². The maximum absolute atomic E-state index is 15.3. The van der Waals surface area contributed by atoms with Crippen LogP contribution in [0.15, 0.2) is 54.9 Å². The number of anilines is 2. The molecule has 1 aromatic heterocycles. The molecular weight excluding hydrogens is 572 g/mol. The highest BCUT2D eigenvalue weighted by Crippen LogP contribution is 2.38. The van der Waals surface area contributed by atoms with Crippen LogP contribution in [0.3, 0.4) is 0 Å². The van der Waals surface area contributed by atoms with Crippen LogP contribution in [0.2, 0.25) is 25.7 Å². The van der Waals surface area contributed by atoms with Crippen LogP contribution in [0.5, 0.6) is 0 Å². The second-order valence-electron chi connectivity index (χ2n) is 12.1. The highest BCUT2D eigenvalue weighted by atomic mass is 28.3. The van der Waals surface area contributed by atoms with Crippen molar-refractivity contribution in [1.82, 2.24) is 14.7 Å². The van der Waals surface area contributed by atoms with Crippen molar-refractivity contribution in [3.63, 3.8) is 0 Å². The van der Waals surface area contributed by atoms with E-state index in [1.165, 1.54) is 22.9 Å². The van der Waals surface area contributed by atoms with Crippen LogP contribution in [-0.2, 0) is 21.1 Å². The standard InChI is InChI=1S/C31H33F2N5O4Si/c1-31-18-27(39)38(28-25(32)16-23(17-26(28)33)11-10-22-8-6-5-7-9-22)30(41)37(31)13-12-36(29(31)40)24-19-34-35(20-24)21-42-14-15-43(2,3)4/h5-9,16-17,19-20H,12-15,18,21H2,1-4H3/t31-/m0/s1. The van der Waals surface area contributed by atoms with Crippen molar-refractivity contribution in [2.75, 3.05) is 29.5 Å². The number of hydrogen-bond donors (Lipinski definition) is 0. The van der Waals surface area contributed by atoms with E-state index in [1.54, 1.807) is 35.1 Å². The summed E-state index contributed by atoms with van der Waals surface area (Å²) in [5.74, 6) is 1.95. The molecule has 2 aromatic carbocycles. The maximum atomic E-state index is 15.3. The summed E-state index contributed by atoms with van der Waals surface area (Å²) in [5, 5.41) is 4.29. The molecule has 5 rings (SSSR count). The number of carbonyl (C=O) groups is 3. The van der Waals surface area contributed by atoms with Gasteiger partial charge in [0.15, 0.2) is 11.6 Å². The summed E-state index contributed by atoms with van der Waals surface area (Å²) in [6, 6.07) is 10.9. The second kappa shape index (κ2) is 11.7. The van der Waals surface area contributed by atoms with E-state index in [2.05, 4.69) is 36.6 Å². The molecule has 3 aromatic rings. The zero-order valence-corrected chi connectivity index (χ0v) is 25.6. The van der Waals surface area contributed by atoms with Crippen LogP contribution in [0, 0.1) is 23.5 Å². The smallest absolute Gasteiger partial charge is 0.332 e.